The Morgan fingerprint density at radius 1 is 1.20 bits per heavy atom. The zero-order chi connectivity index (χ0) is 17.7. The Morgan fingerprint density at radius 3 is 2.72 bits per heavy atom. The van der Waals surface area contributed by atoms with Crippen LogP contribution in [0.15, 0.2) is 16.9 Å². The van der Waals surface area contributed by atoms with Gasteiger partial charge in [0.15, 0.2) is 0 Å². The van der Waals surface area contributed by atoms with Crippen molar-refractivity contribution in [3.63, 3.8) is 0 Å². The predicted octanol–water partition coefficient (Wildman–Crippen LogP) is 4.31. The molecule has 134 valence electrons. The lowest BCUT2D eigenvalue weighted by Crippen LogP contribution is -2.50. The van der Waals surface area contributed by atoms with Crippen LogP contribution in [0.25, 0.3) is 10.9 Å². The van der Waals surface area contributed by atoms with Crippen molar-refractivity contribution in [2.75, 3.05) is 13.1 Å². The van der Waals surface area contributed by atoms with Gasteiger partial charge in [-0.3, -0.25) is 14.3 Å². The summed E-state index contributed by atoms with van der Waals surface area (Å²) < 4.78 is 1.87. The molecule has 0 unspecified atom stereocenters. The average Bonchev–Trinajstić information content (AvgIpc) is 2.57. The standard InChI is InChI=1S/C19H23Cl2N3O/c1-11(2)10-23-6-3-4-12-17(23)5-7-24-18(12)22-16-9-15(21)14(20)8-13(16)19(24)25/h8-9,11-12,17H,3-7,10H2,1-2H3/t12-,17+/m0/s1. The third-order valence-corrected chi connectivity index (χ3v) is 6.22. The molecular formula is C19H23Cl2N3O. The van der Waals surface area contributed by atoms with Gasteiger partial charge in [0.2, 0.25) is 0 Å². The van der Waals surface area contributed by atoms with Crippen LogP contribution in [0, 0.1) is 5.92 Å². The number of hydrogen-bond acceptors (Lipinski definition) is 3. The maximum absolute atomic E-state index is 13.0. The van der Waals surface area contributed by atoms with E-state index in [4.69, 9.17) is 28.2 Å². The van der Waals surface area contributed by atoms with Gasteiger partial charge < -0.3 is 0 Å². The number of rotatable bonds is 2. The van der Waals surface area contributed by atoms with Crippen LogP contribution >= 0.6 is 23.2 Å². The van der Waals surface area contributed by atoms with Gasteiger partial charge in [-0.05, 0) is 43.9 Å². The molecule has 6 heteroatoms. The van der Waals surface area contributed by atoms with Crippen molar-refractivity contribution in [2.45, 2.75) is 51.6 Å². The van der Waals surface area contributed by atoms with Crippen LogP contribution in [-0.4, -0.2) is 33.6 Å². The smallest absolute Gasteiger partial charge is 0.261 e. The minimum absolute atomic E-state index is 0.0120. The maximum Gasteiger partial charge on any atom is 0.261 e. The van der Waals surface area contributed by atoms with Gasteiger partial charge in [0.1, 0.15) is 5.82 Å². The summed E-state index contributed by atoms with van der Waals surface area (Å²) in [6.07, 6.45) is 3.26. The van der Waals surface area contributed by atoms with Crippen LogP contribution in [0.4, 0.5) is 0 Å². The van der Waals surface area contributed by atoms with E-state index in [1.807, 2.05) is 4.57 Å². The number of nitrogens with zero attached hydrogens (tertiary/aromatic N) is 3. The lowest BCUT2D eigenvalue weighted by atomic mass is 9.83. The summed E-state index contributed by atoms with van der Waals surface area (Å²) in [4.78, 5) is 20.5. The predicted molar refractivity (Wildman–Crippen MR) is 103 cm³/mol. The van der Waals surface area contributed by atoms with Crippen LogP contribution in [-0.2, 0) is 6.54 Å². The second-order valence-electron chi connectivity index (χ2n) is 7.70. The molecule has 2 aliphatic heterocycles. The molecule has 0 saturated carbocycles. The zero-order valence-corrected chi connectivity index (χ0v) is 16.1. The molecule has 2 atom stereocenters. The first-order chi connectivity index (χ1) is 12.0. The van der Waals surface area contributed by atoms with Gasteiger partial charge in [0, 0.05) is 25.0 Å². The SMILES string of the molecule is CC(C)CN1CCC[C@@H]2c3nc4cc(Cl)c(Cl)cc4c(=O)n3CC[C@H]21. The van der Waals surface area contributed by atoms with Gasteiger partial charge >= 0.3 is 0 Å². The molecule has 4 rings (SSSR count). The molecule has 3 heterocycles. The fraction of sp³-hybridized carbons (Fsp3) is 0.579. The molecule has 0 radical (unpaired) electrons. The van der Waals surface area contributed by atoms with Crippen LogP contribution in [0.2, 0.25) is 10.0 Å². The van der Waals surface area contributed by atoms with Crippen LogP contribution in [0.5, 0.6) is 0 Å². The molecule has 0 bridgehead atoms. The lowest BCUT2D eigenvalue weighted by molar-refractivity contribution is 0.0845. The van der Waals surface area contributed by atoms with Crippen molar-refractivity contribution in [3.8, 4) is 0 Å². The number of aromatic nitrogens is 2. The molecule has 0 spiro atoms. The normalized spacial score (nSPS) is 23.7. The highest BCUT2D eigenvalue weighted by molar-refractivity contribution is 6.42. The van der Waals surface area contributed by atoms with Gasteiger partial charge in [-0.15, -0.1) is 0 Å². The van der Waals surface area contributed by atoms with Crippen molar-refractivity contribution in [2.24, 2.45) is 5.92 Å². The Bertz CT molecular complexity index is 877. The minimum atomic E-state index is 0.0120. The lowest BCUT2D eigenvalue weighted by Gasteiger charge is -2.45. The summed E-state index contributed by atoms with van der Waals surface area (Å²) in [6, 6.07) is 3.86. The second kappa shape index (κ2) is 6.57. The Labute approximate surface area is 157 Å². The Kier molecular flexibility index (Phi) is 4.55. The first-order valence-corrected chi connectivity index (χ1v) is 9.85. The van der Waals surface area contributed by atoms with Crippen molar-refractivity contribution in [1.82, 2.24) is 14.5 Å². The third kappa shape index (κ3) is 2.98. The number of likely N-dealkylation sites (tertiary alicyclic amines) is 1. The first-order valence-electron chi connectivity index (χ1n) is 9.09. The van der Waals surface area contributed by atoms with Crippen molar-refractivity contribution >= 4 is 34.1 Å². The summed E-state index contributed by atoms with van der Waals surface area (Å²) in [7, 11) is 0. The molecule has 4 nitrogen and oxygen atoms in total. The molecule has 2 aliphatic rings. The fourth-order valence-corrected chi connectivity index (χ4v) is 4.82. The van der Waals surface area contributed by atoms with E-state index >= 15 is 0 Å². The van der Waals surface area contributed by atoms with Crippen molar-refractivity contribution < 1.29 is 0 Å². The summed E-state index contributed by atoms with van der Waals surface area (Å²) in [5.41, 5.74) is 0.672. The van der Waals surface area contributed by atoms with E-state index in [1.165, 1.54) is 0 Å². The summed E-state index contributed by atoms with van der Waals surface area (Å²) in [6.45, 7) is 7.52. The molecule has 0 N–H and O–H groups in total. The van der Waals surface area contributed by atoms with Crippen molar-refractivity contribution in [1.29, 1.82) is 0 Å². The number of hydrogen-bond donors (Lipinski definition) is 0. The maximum atomic E-state index is 13.0. The Hall–Kier alpha value is -1.10. The molecule has 1 saturated heterocycles. The molecule has 1 fully saturated rings. The minimum Gasteiger partial charge on any atom is -0.299 e. The molecular weight excluding hydrogens is 357 g/mol. The molecule has 1 aromatic carbocycles. The van der Waals surface area contributed by atoms with Gasteiger partial charge in [0.05, 0.1) is 20.9 Å². The highest BCUT2D eigenvalue weighted by atomic mass is 35.5. The third-order valence-electron chi connectivity index (χ3n) is 5.50. The van der Waals surface area contributed by atoms with E-state index in [1.54, 1.807) is 12.1 Å². The largest absolute Gasteiger partial charge is 0.299 e. The van der Waals surface area contributed by atoms with E-state index in [9.17, 15) is 4.79 Å². The summed E-state index contributed by atoms with van der Waals surface area (Å²) in [5, 5.41) is 1.41. The van der Waals surface area contributed by atoms with E-state index in [-0.39, 0.29) is 5.56 Å². The topological polar surface area (TPSA) is 38.1 Å². The molecule has 2 aromatic rings. The van der Waals surface area contributed by atoms with E-state index in [0.29, 0.717) is 38.8 Å². The van der Waals surface area contributed by atoms with Gasteiger partial charge in [-0.1, -0.05) is 37.0 Å². The number of fused-ring (bicyclic) bond motifs is 4. The molecule has 0 amide bonds. The van der Waals surface area contributed by atoms with Gasteiger partial charge in [-0.25, -0.2) is 4.98 Å². The Morgan fingerprint density at radius 2 is 1.96 bits per heavy atom. The van der Waals surface area contributed by atoms with Crippen LogP contribution in [0.1, 0.15) is 44.9 Å². The number of piperidine rings is 1. The zero-order valence-electron chi connectivity index (χ0n) is 14.6. The van der Waals surface area contributed by atoms with E-state index in [2.05, 4.69) is 18.7 Å². The molecule has 25 heavy (non-hydrogen) atoms. The van der Waals surface area contributed by atoms with E-state index in [0.717, 1.165) is 44.7 Å². The molecule has 1 aromatic heterocycles. The number of halogens is 2. The summed E-state index contributed by atoms with van der Waals surface area (Å²) >= 11 is 12.3. The highest BCUT2D eigenvalue weighted by Crippen LogP contribution is 2.37. The monoisotopic (exact) mass is 379 g/mol. The van der Waals surface area contributed by atoms with E-state index < -0.39 is 0 Å². The fourth-order valence-electron chi connectivity index (χ4n) is 4.50. The quantitative estimate of drug-likeness (QED) is 0.779. The van der Waals surface area contributed by atoms with Gasteiger partial charge in [0.25, 0.3) is 5.56 Å². The number of benzene rings is 1. The first kappa shape index (κ1) is 17.3. The molecule has 0 aliphatic carbocycles. The highest BCUT2D eigenvalue weighted by Gasteiger charge is 2.38. The summed E-state index contributed by atoms with van der Waals surface area (Å²) in [5.74, 6) is 1.90. The van der Waals surface area contributed by atoms with Crippen LogP contribution < -0.4 is 5.56 Å². The van der Waals surface area contributed by atoms with Crippen LogP contribution in [0.3, 0.4) is 0 Å². The van der Waals surface area contributed by atoms with Gasteiger partial charge in [-0.2, -0.15) is 0 Å². The van der Waals surface area contributed by atoms with Crippen molar-refractivity contribution in [3.05, 3.63) is 38.4 Å². The Balaban J connectivity index is 1.82. The second-order valence-corrected chi connectivity index (χ2v) is 8.52. The average molecular weight is 380 g/mol.